The van der Waals surface area contributed by atoms with E-state index in [0.717, 1.165) is 9.88 Å². The quantitative estimate of drug-likeness (QED) is 0.590. The van der Waals surface area contributed by atoms with E-state index in [1.165, 1.54) is 11.3 Å². The Morgan fingerprint density at radius 1 is 1.07 bits per heavy atom. The second-order valence-electron chi connectivity index (χ2n) is 6.01. The zero-order chi connectivity index (χ0) is 19.3. The summed E-state index contributed by atoms with van der Waals surface area (Å²) < 4.78 is 5.16. The first-order valence-corrected chi connectivity index (χ1v) is 10.4. The van der Waals surface area contributed by atoms with Crippen LogP contribution in [0.5, 0.6) is 0 Å². The van der Waals surface area contributed by atoms with Crippen LogP contribution < -0.4 is 4.90 Å². The number of hydrogen-bond donors (Lipinski definition) is 0. The second-order valence-corrected chi connectivity index (χ2v) is 7.81. The third-order valence-corrected chi connectivity index (χ3v) is 6.12. The van der Waals surface area contributed by atoms with Gasteiger partial charge in [0.05, 0.1) is 4.88 Å². The van der Waals surface area contributed by atoms with Gasteiger partial charge in [0, 0.05) is 44.0 Å². The third kappa shape index (κ3) is 4.18. The van der Waals surface area contributed by atoms with Gasteiger partial charge in [-0.2, -0.15) is 0 Å². The highest BCUT2D eigenvalue weighted by atomic mass is 32.1. The van der Waals surface area contributed by atoms with Crippen LogP contribution in [0.3, 0.4) is 0 Å². The van der Waals surface area contributed by atoms with Crippen LogP contribution in [-0.2, 0) is 9.53 Å². The Labute approximate surface area is 169 Å². The molecule has 3 aromatic heterocycles. The fraction of sp³-hybridized carbons (Fsp3) is 0.278. The Hall–Kier alpha value is -2.85. The number of rotatable bonds is 5. The number of anilines is 1. The minimum Gasteiger partial charge on any atom is -0.451 e. The fourth-order valence-electron chi connectivity index (χ4n) is 2.78. The second kappa shape index (κ2) is 8.44. The van der Waals surface area contributed by atoms with E-state index < -0.39 is 5.97 Å². The van der Waals surface area contributed by atoms with Crippen molar-refractivity contribution in [3.05, 3.63) is 47.0 Å². The van der Waals surface area contributed by atoms with Crippen molar-refractivity contribution < 1.29 is 14.3 Å². The summed E-state index contributed by atoms with van der Waals surface area (Å²) in [5.74, 6) is -0.134. The molecule has 0 spiro atoms. The summed E-state index contributed by atoms with van der Waals surface area (Å²) in [5.41, 5.74) is 0.229. The van der Waals surface area contributed by atoms with Gasteiger partial charge in [-0.25, -0.2) is 19.7 Å². The molecule has 0 unspecified atom stereocenters. The molecule has 1 aliphatic rings. The number of esters is 1. The Morgan fingerprint density at radius 2 is 1.86 bits per heavy atom. The number of carbonyl (C=O) groups is 2. The molecule has 1 amide bonds. The number of hydrogen-bond acceptors (Lipinski definition) is 9. The summed E-state index contributed by atoms with van der Waals surface area (Å²) >= 11 is 2.94. The fourth-order valence-corrected chi connectivity index (χ4v) is 4.39. The summed E-state index contributed by atoms with van der Waals surface area (Å²) in [6.07, 6.45) is 3.39. The van der Waals surface area contributed by atoms with Crippen molar-refractivity contribution in [3.63, 3.8) is 0 Å². The Balaban J connectivity index is 1.26. The molecule has 28 heavy (non-hydrogen) atoms. The Kier molecular flexibility index (Phi) is 5.58. The van der Waals surface area contributed by atoms with E-state index in [4.69, 9.17) is 4.74 Å². The monoisotopic (exact) mass is 415 g/mol. The summed E-state index contributed by atoms with van der Waals surface area (Å²) in [6, 6.07) is 5.65. The molecule has 1 saturated heterocycles. The normalized spacial score (nSPS) is 14.1. The van der Waals surface area contributed by atoms with Crippen molar-refractivity contribution in [2.75, 3.05) is 37.7 Å². The molecule has 1 fully saturated rings. The zero-order valence-corrected chi connectivity index (χ0v) is 16.5. The summed E-state index contributed by atoms with van der Waals surface area (Å²) in [6.45, 7) is 2.06. The lowest BCUT2D eigenvalue weighted by Crippen LogP contribution is -2.50. The third-order valence-electron chi connectivity index (χ3n) is 4.24. The van der Waals surface area contributed by atoms with Gasteiger partial charge in [-0.3, -0.25) is 4.79 Å². The first-order chi connectivity index (χ1) is 13.7. The SMILES string of the molecule is O=C(OCC(=O)N1CCN(c2ncccn2)CC1)c1csc(-c2cccs2)n1. The molecule has 0 N–H and O–H groups in total. The molecule has 144 valence electrons. The van der Waals surface area contributed by atoms with Crippen molar-refractivity contribution >= 4 is 40.5 Å². The highest BCUT2D eigenvalue weighted by Gasteiger charge is 2.24. The molecule has 0 aliphatic carbocycles. The smallest absolute Gasteiger partial charge is 0.358 e. The number of amides is 1. The summed E-state index contributed by atoms with van der Waals surface area (Å²) in [5, 5.41) is 4.38. The van der Waals surface area contributed by atoms with E-state index in [-0.39, 0.29) is 18.2 Å². The van der Waals surface area contributed by atoms with Crippen LogP contribution in [-0.4, -0.2) is 64.5 Å². The van der Waals surface area contributed by atoms with Gasteiger partial charge >= 0.3 is 5.97 Å². The van der Waals surface area contributed by atoms with E-state index >= 15 is 0 Å². The highest BCUT2D eigenvalue weighted by molar-refractivity contribution is 7.20. The molecule has 10 heteroatoms. The van der Waals surface area contributed by atoms with Crippen LogP contribution in [0, 0.1) is 0 Å². The van der Waals surface area contributed by atoms with Gasteiger partial charge in [0.1, 0.15) is 5.01 Å². The molecule has 8 nitrogen and oxygen atoms in total. The molecule has 4 rings (SSSR count). The van der Waals surface area contributed by atoms with Crippen molar-refractivity contribution in [1.29, 1.82) is 0 Å². The van der Waals surface area contributed by atoms with Gasteiger partial charge in [0.15, 0.2) is 12.3 Å². The average Bonchev–Trinajstić information content (AvgIpc) is 3.44. The number of thiazole rings is 1. The molecular weight excluding hydrogens is 398 g/mol. The van der Waals surface area contributed by atoms with Gasteiger partial charge in [-0.15, -0.1) is 22.7 Å². The number of thiophene rings is 1. The van der Waals surface area contributed by atoms with Crippen molar-refractivity contribution in [3.8, 4) is 9.88 Å². The van der Waals surface area contributed by atoms with Crippen molar-refractivity contribution in [1.82, 2.24) is 19.9 Å². The summed E-state index contributed by atoms with van der Waals surface area (Å²) in [7, 11) is 0. The van der Waals surface area contributed by atoms with Crippen LogP contribution in [0.4, 0.5) is 5.95 Å². The lowest BCUT2D eigenvalue weighted by molar-refractivity contribution is -0.134. The maximum atomic E-state index is 12.4. The van der Waals surface area contributed by atoms with E-state index in [2.05, 4.69) is 15.0 Å². The number of ether oxygens (including phenoxy) is 1. The standard InChI is InChI=1S/C18H17N5O3S2/c24-15(22-6-8-23(9-7-22)18-19-4-2-5-20-18)11-26-17(25)13-12-28-16(21-13)14-3-1-10-27-14/h1-5,10,12H,6-9,11H2. The largest absolute Gasteiger partial charge is 0.451 e. The number of carbonyl (C=O) groups excluding carboxylic acids is 2. The first kappa shape index (κ1) is 18.5. The molecule has 0 aromatic carbocycles. The first-order valence-electron chi connectivity index (χ1n) is 8.67. The van der Waals surface area contributed by atoms with Gasteiger partial charge in [0.25, 0.3) is 5.91 Å². The molecule has 0 saturated carbocycles. The van der Waals surface area contributed by atoms with Gasteiger partial charge < -0.3 is 14.5 Å². The average molecular weight is 416 g/mol. The number of nitrogens with zero attached hydrogens (tertiary/aromatic N) is 5. The maximum Gasteiger partial charge on any atom is 0.358 e. The number of piperazine rings is 1. The predicted molar refractivity (Wildman–Crippen MR) is 107 cm³/mol. The van der Waals surface area contributed by atoms with Gasteiger partial charge in [-0.05, 0) is 17.5 Å². The molecule has 3 aromatic rings. The van der Waals surface area contributed by atoms with Crippen LogP contribution in [0.1, 0.15) is 10.5 Å². The van der Waals surface area contributed by atoms with Gasteiger partial charge in [-0.1, -0.05) is 6.07 Å². The molecule has 0 radical (unpaired) electrons. The van der Waals surface area contributed by atoms with Crippen molar-refractivity contribution in [2.45, 2.75) is 0 Å². The minimum absolute atomic E-state index is 0.212. The highest BCUT2D eigenvalue weighted by Crippen LogP contribution is 2.27. The van der Waals surface area contributed by atoms with E-state index in [0.29, 0.717) is 32.1 Å². The lowest BCUT2D eigenvalue weighted by atomic mass is 10.3. The zero-order valence-electron chi connectivity index (χ0n) is 14.9. The molecule has 1 aliphatic heterocycles. The van der Waals surface area contributed by atoms with Crippen LogP contribution >= 0.6 is 22.7 Å². The Morgan fingerprint density at radius 3 is 2.57 bits per heavy atom. The lowest BCUT2D eigenvalue weighted by Gasteiger charge is -2.34. The van der Waals surface area contributed by atoms with E-state index in [1.807, 2.05) is 22.4 Å². The molecular formula is C18H17N5O3S2. The van der Waals surface area contributed by atoms with E-state index in [9.17, 15) is 9.59 Å². The minimum atomic E-state index is -0.580. The van der Waals surface area contributed by atoms with Crippen LogP contribution in [0.15, 0.2) is 41.4 Å². The Bertz CT molecular complexity index is 937. The number of aromatic nitrogens is 3. The van der Waals surface area contributed by atoms with Crippen LogP contribution in [0.2, 0.25) is 0 Å². The van der Waals surface area contributed by atoms with Crippen LogP contribution in [0.25, 0.3) is 9.88 Å². The predicted octanol–water partition coefficient (Wildman–Crippen LogP) is 2.17. The van der Waals surface area contributed by atoms with Crippen molar-refractivity contribution in [2.24, 2.45) is 0 Å². The molecule has 4 heterocycles. The van der Waals surface area contributed by atoms with Gasteiger partial charge in [0.2, 0.25) is 5.95 Å². The van der Waals surface area contributed by atoms with E-state index in [1.54, 1.807) is 40.1 Å². The molecule has 0 atom stereocenters. The topological polar surface area (TPSA) is 88.5 Å². The molecule has 0 bridgehead atoms. The maximum absolute atomic E-state index is 12.4. The summed E-state index contributed by atoms with van der Waals surface area (Å²) in [4.78, 5) is 42.0.